The summed E-state index contributed by atoms with van der Waals surface area (Å²) in [5, 5.41) is 5.65. The van der Waals surface area contributed by atoms with Crippen LogP contribution in [0.3, 0.4) is 0 Å². The Bertz CT molecular complexity index is 455. The summed E-state index contributed by atoms with van der Waals surface area (Å²) in [5.74, 6) is -0.0235. The Balaban J connectivity index is 2.11. The molecule has 4 N–H and O–H groups in total. The number of piperazine rings is 1. The predicted molar refractivity (Wildman–Crippen MR) is 68.4 cm³/mol. The zero-order chi connectivity index (χ0) is 13.0. The zero-order valence-corrected chi connectivity index (χ0v) is 9.98. The molecule has 0 radical (unpaired) electrons. The topological polar surface area (TPSA) is 87.5 Å². The Morgan fingerprint density at radius 2 is 2.00 bits per heavy atom. The van der Waals surface area contributed by atoms with Crippen molar-refractivity contribution in [3.63, 3.8) is 0 Å². The lowest BCUT2D eigenvalue weighted by molar-refractivity contribution is 0.0736. The fourth-order valence-electron chi connectivity index (χ4n) is 1.92. The van der Waals surface area contributed by atoms with Crippen LogP contribution in [0, 0.1) is 0 Å². The molecule has 6 nitrogen and oxygen atoms in total. The average molecular weight is 248 g/mol. The van der Waals surface area contributed by atoms with E-state index in [2.05, 4.69) is 10.6 Å². The van der Waals surface area contributed by atoms with Crippen molar-refractivity contribution < 1.29 is 9.59 Å². The molecule has 0 aliphatic carbocycles. The van der Waals surface area contributed by atoms with Gasteiger partial charge in [-0.3, -0.25) is 4.79 Å². The number of anilines is 1. The summed E-state index contributed by atoms with van der Waals surface area (Å²) in [5.41, 5.74) is 6.13. The third-order valence-corrected chi connectivity index (χ3v) is 2.78. The van der Waals surface area contributed by atoms with Gasteiger partial charge in [-0.15, -0.1) is 0 Å². The number of hydrogen-bond acceptors (Lipinski definition) is 3. The highest BCUT2D eigenvalue weighted by Crippen LogP contribution is 2.13. The van der Waals surface area contributed by atoms with Crippen molar-refractivity contribution in [3.05, 3.63) is 29.8 Å². The maximum atomic E-state index is 12.2. The molecular weight excluding hydrogens is 232 g/mol. The van der Waals surface area contributed by atoms with Crippen LogP contribution in [0.25, 0.3) is 0 Å². The van der Waals surface area contributed by atoms with E-state index in [1.165, 1.54) is 0 Å². The summed E-state index contributed by atoms with van der Waals surface area (Å²) in [6, 6.07) is 6.15. The second kappa shape index (κ2) is 5.50. The van der Waals surface area contributed by atoms with E-state index in [1.54, 1.807) is 29.2 Å². The van der Waals surface area contributed by atoms with Gasteiger partial charge in [0.15, 0.2) is 0 Å². The van der Waals surface area contributed by atoms with E-state index in [4.69, 9.17) is 5.73 Å². The summed E-state index contributed by atoms with van der Waals surface area (Å²) >= 11 is 0. The third-order valence-electron chi connectivity index (χ3n) is 2.78. The molecule has 1 aliphatic rings. The molecule has 6 heteroatoms. The van der Waals surface area contributed by atoms with Gasteiger partial charge >= 0.3 is 6.03 Å². The second-order valence-electron chi connectivity index (χ2n) is 4.11. The Hall–Kier alpha value is -2.08. The van der Waals surface area contributed by atoms with Gasteiger partial charge in [-0.2, -0.15) is 0 Å². The normalized spacial score (nSPS) is 15.2. The lowest BCUT2D eigenvalue weighted by atomic mass is 10.1. The number of primary amides is 1. The summed E-state index contributed by atoms with van der Waals surface area (Å²) in [6.07, 6.45) is 0. The lowest BCUT2D eigenvalue weighted by Crippen LogP contribution is -2.46. The van der Waals surface area contributed by atoms with Crippen molar-refractivity contribution in [2.45, 2.75) is 0 Å². The van der Waals surface area contributed by atoms with Crippen LogP contribution in [0.2, 0.25) is 0 Å². The van der Waals surface area contributed by atoms with Gasteiger partial charge in [0.1, 0.15) is 0 Å². The van der Waals surface area contributed by atoms with Gasteiger partial charge in [0.2, 0.25) is 0 Å². The highest BCUT2D eigenvalue weighted by Gasteiger charge is 2.17. The molecule has 1 heterocycles. The first kappa shape index (κ1) is 12.4. The quantitative estimate of drug-likeness (QED) is 0.699. The maximum absolute atomic E-state index is 12.2. The standard InChI is InChI=1S/C12H16N4O2/c13-12(18)15-10-3-1-2-9(8-10)11(17)16-6-4-14-5-7-16/h1-3,8,14H,4-7H2,(H3,13,15,18). The van der Waals surface area contributed by atoms with Crippen LogP contribution in [-0.4, -0.2) is 43.0 Å². The minimum absolute atomic E-state index is 0.0235. The molecule has 0 bridgehead atoms. The average Bonchev–Trinajstić information content (AvgIpc) is 2.38. The van der Waals surface area contributed by atoms with E-state index >= 15 is 0 Å². The summed E-state index contributed by atoms with van der Waals surface area (Å²) < 4.78 is 0. The number of nitrogens with two attached hydrogens (primary N) is 1. The first-order valence-corrected chi connectivity index (χ1v) is 5.83. The predicted octanol–water partition coefficient (Wildman–Crippen LogP) is 0.223. The highest BCUT2D eigenvalue weighted by molar-refractivity contribution is 5.96. The van der Waals surface area contributed by atoms with Crippen LogP contribution >= 0.6 is 0 Å². The van der Waals surface area contributed by atoms with Crippen molar-refractivity contribution in [3.8, 4) is 0 Å². The molecule has 0 unspecified atom stereocenters. The van der Waals surface area contributed by atoms with Gasteiger partial charge in [0.05, 0.1) is 0 Å². The molecule has 1 fully saturated rings. The number of nitrogens with zero attached hydrogens (tertiary/aromatic N) is 1. The number of benzene rings is 1. The first-order chi connectivity index (χ1) is 8.66. The van der Waals surface area contributed by atoms with Crippen LogP contribution in [0.1, 0.15) is 10.4 Å². The molecule has 1 aromatic carbocycles. The van der Waals surface area contributed by atoms with E-state index in [-0.39, 0.29) is 5.91 Å². The molecule has 0 atom stereocenters. The Kier molecular flexibility index (Phi) is 3.78. The van der Waals surface area contributed by atoms with Gasteiger partial charge < -0.3 is 21.3 Å². The number of carbonyl (C=O) groups is 2. The largest absolute Gasteiger partial charge is 0.351 e. The van der Waals surface area contributed by atoms with Gasteiger partial charge in [-0.25, -0.2) is 4.79 Å². The van der Waals surface area contributed by atoms with Crippen molar-refractivity contribution in [1.82, 2.24) is 10.2 Å². The third kappa shape index (κ3) is 2.98. The van der Waals surface area contributed by atoms with Gasteiger partial charge in [-0.1, -0.05) is 6.07 Å². The van der Waals surface area contributed by atoms with Crippen LogP contribution in [-0.2, 0) is 0 Å². The molecule has 1 saturated heterocycles. The number of amides is 3. The number of nitrogens with one attached hydrogen (secondary N) is 2. The van der Waals surface area contributed by atoms with E-state index < -0.39 is 6.03 Å². The number of rotatable bonds is 2. The SMILES string of the molecule is NC(=O)Nc1cccc(C(=O)N2CCNCC2)c1. The maximum Gasteiger partial charge on any atom is 0.316 e. The molecule has 1 aliphatic heterocycles. The number of hydrogen-bond donors (Lipinski definition) is 3. The van der Waals surface area contributed by atoms with Gasteiger partial charge in [-0.05, 0) is 18.2 Å². The van der Waals surface area contributed by atoms with E-state index in [0.717, 1.165) is 13.1 Å². The molecule has 0 saturated carbocycles. The Labute approximate surface area is 105 Å². The fraction of sp³-hybridized carbons (Fsp3) is 0.333. The van der Waals surface area contributed by atoms with Gasteiger partial charge in [0, 0.05) is 37.4 Å². The molecule has 0 spiro atoms. The number of carbonyl (C=O) groups excluding carboxylic acids is 2. The van der Waals surface area contributed by atoms with Crippen LogP contribution < -0.4 is 16.4 Å². The Morgan fingerprint density at radius 3 is 2.67 bits per heavy atom. The molecule has 96 valence electrons. The smallest absolute Gasteiger partial charge is 0.316 e. The van der Waals surface area contributed by atoms with Crippen LogP contribution in [0.5, 0.6) is 0 Å². The van der Waals surface area contributed by atoms with Crippen molar-refractivity contribution in [1.29, 1.82) is 0 Å². The van der Waals surface area contributed by atoms with Gasteiger partial charge in [0.25, 0.3) is 5.91 Å². The van der Waals surface area contributed by atoms with E-state index in [0.29, 0.717) is 24.3 Å². The number of urea groups is 1. The van der Waals surface area contributed by atoms with E-state index in [9.17, 15) is 9.59 Å². The van der Waals surface area contributed by atoms with Crippen LogP contribution in [0.4, 0.5) is 10.5 Å². The minimum atomic E-state index is -0.637. The Morgan fingerprint density at radius 1 is 1.28 bits per heavy atom. The summed E-state index contributed by atoms with van der Waals surface area (Å²) in [4.78, 5) is 24.7. The van der Waals surface area contributed by atoms with Crippen LogP contribution in [0.15, 0.2) is 24.3 Å². The van der Waals surface area contributed by atoms with Crippen molar-refractivity contribution in [2.75, 3.05) is 31.5 Å². The summed E-state index contributed by atoms with van der Waals surface area (Å²) in [6.45, 7) is 3.02. The molecular formula is C12H16N4O2. The molecule has 0 aromatic heterocycles. The lowest BCUT2D eigenvalue weighted by Gasteiger charge is -2.27. The van der Waals surface area contributed by atoms with E-state index in [1.807, 2.05) is 0 Å². The first-order valence-electron chi connectivity index (χ1n) is 5.83. The summed E-state index contributed by atoms with van der Waals surface area (Å²) in [7, 11) is 0. The monoisotopic (exact) mass is 248 g/mol. The molecule has 1 aromatic rings. The van der Waals surface area contributed by atoms with Crippen molar-refractivity contribution in [2.24, 2.45) is 5.73 Å². The molecule has 2 rings (SSSR count). The zero-order valence-electron chi connectivity index (χ0n) is 9.98. The molecule has 3 amide bonds. The van der Waals surface area contributed by atoms with Crippen molar-refractivity contribution >= 4 is 17.6 Å². The fourth-order valence-corrected chi connectivity index (χ4v) is 1.92. The highest BCUT2D eigenvalue weighted by atomic mass is 16.2. The second-order valence-corrected chi connectivity index (χ2v) is 4.11. The minimum Gasteiger partial charge on any atom is -0.351 e. The molecule has 18 heavy (non-hydrogen) atoms.